The molecule has 136 valence electrons. The van der Waals surface area contributed by atoms with Crippen LogP contribution in [0.4, 0.5) is 0 Å². The summed E-state index contributed by atoms with van der Waals surface area (Å²) >= 11 is 1.72. The van der Waals surface area contributed by atoms with E-state index in [0.717, 1.165) is 6.42 Å². The van der Waals surface area contributed by atoms with E-state index in [1.54, 1.807) is 41.4 Å². The van der Waals surface area contributed by atoms with Gasteiger partial charge >= 0.3 is 5.97 Å². The van der Waals surface area contributed by atoms with E-state index in [9.17, 15) is 9.59 Å². The average molecular weight is 373 g/mol. The molecule has 2 aromatic rings. The van der Waals surface area contributed by atoms with E-state index in [-0.39, 0.29) is 12.5 Å². The summed E-state index contributed by atoms with van der Waals surface area (Å²) in [5, 5.41) is 2.04. The van der Waals surface area contributed by atoms with Gasteiger partial charge in [0.15, 0.2) is 18.1 Å². The third kappa shape index (κ3) is 3.26. The number of benzene rings is 1. The number of hydrogen-bond donors (Lipinski definition) is 0. The number of nitrogens with zero attached hydrogens (tertiary/aromatic N) is 1. The summed E-state index contributed by atoms with van der Waals surface area (Å²) in [6.45, 7) is 2.68. The van der Waals surface area contributed by atoms with Crippen LogP contribution in [0.3, 0.4) is 0 Å². The zero-order valence-electron chi connectivity index (χ0n) is 14.3. The van der Waals surface area contributed by atoms with Crippen LogP contribution in [-0.4, -0.2) is 42.1 Å². The Morgan fingerprint density at radius 1 is 1.23 bits per heavy atom. The first-order chi connectivity index (χ1) is 12.6. The molecule has 6 nitrogen and oxygen atoms in total. The third-order valence-corrected chi connectivity index (χ3v) is 5.60. The van der Waals surface area contributed by atoms with E-state index < -0.39 is 18.2 Å². The normalized spacial score (nSPS) is 21.0. The van der Waals surface area contributed by atoms with E-state index in [2.05, 4.69) is 0 Å². The second-order valence-corrected chi connectivity index (χ2v) is 7.35. The second kappa shape index (κ2) is 6.99. The van der Waals surface area contributed by atoms with Crippen LogP contribution in [-0.2, 0) is 27.3 Å². The maximum Gasteiger partial charge on any atom is 0.351 e. The van der Waals surface area contributed by atoms with Crippen LogP contribution in [0.15, 0.2) is 35.7 Å². The molecule has 2 atom stereocenters. The summed E-state index contributed by atoms with van der Waals surface area (Å²) in [6.07, 6.45) is -0.529. The highest BCUT2D eigenvalue weighted by Crippen LogP contribution is 2.33. The largest absolute Gasteiger partial charge is 0.482 e. The summed E-state index contributed by atoms with van der Waals surface area (Å²) in [5.74, 6) is 0.313. The molecule has 0 fully saturated rings. The molecule has 4 rings (SSSR count). The number of thiophene rings is 1. The smallest absolute Gasteiger partial charge is 0.351 e. The Kier molecular flexibility index (Phi) is 4.55. The minimum Gasteiger partial charge on any atom is -0.482 e. The van der Waals surface area contributed by atoms with Gasteiger partial charge in [-0.2, -0.15) is 0 Å². The molecule has 2 unspecified atom stereocenters. The number of rotatable bonds is 3. The van der Waals surface area contributed by atoms with Crippen molar-refractivity contribution < 1.29 is 23.8 Å². The highest BCUT2D eigenvalue weighted by molar-refractivity contribution is 7.10. The molecule has 0 spiro atoms. The quantitative estimate of drug-likeness (QED) is 0.773. The zero-order chi connectivity index (χ0) is 18.1. The zero-order valence-corrected chi connectivity index (χ0v) is 15.2. The number of carbonyl (C=O) groups excluding carboxylic acids is 2. The molecule has 1 aromatic carbocycles. The van der Waals surface area contributed by atoms with Crippen molar-refractivity contribution in [2.45, 2.75) is 32.1 Å². The molecule has 0 bridgehead atoms. The summed E-state index contributed by atoms with van der Waals surface area (Å²) in [6, 6.07) is 9.20. The Balaban J connectivity index is 1.33. The summed E-state index contributed by atoms with van der Waals surface area (Å²) < 4.78 is 16.6. The van der Waals surface area contributed by atoms with Gasteiger partial charge in [0.1, 0.15) is 6.10 Å². The maximum absolute atomic E-state index is 12.4. The maximum atomic E-state index is 12.4. The van der Waals surface area contributed by atoms with E-state index >= 15 is 0 Å². The summed E-state index contributed by atoms with van der Waals surface area (Å²) in [7, 11) is 0. The Hall–Kier alpha value is -2.54. The fourth-order valence-electron chi connectivity index (χ4n) is 3.15. The molecule has 1 amide bonds. The van der Waals surface area contributed by atoms with E-state index in [0.29, 0.717) is 24.6 Å². The van der Waals surface area contributed by atoms with Gasteiger partial charge in [0.05, 0.1) is 0 Å². The van der Waals surface area contributed by atoms with Crippen molar-refractivity contribution in [2.24, 2.45) is 0 Å². The van der Waals surface area contributed by atoms with Crippen molar-refractivity contribution in [1.29, 1.82) is 0 Å². The first-order valence-electron chi connectivity index (χ1n) is 8.54. The highest BCUT2D eigenvalue weighted by Gasteiger charge is 2.36. The van der Waals surface area contributed by atoms with Crippen LogP contribution in [0.5, 0.6) is 11.5 Å². The highest BCUT2D eigenvalue weighted by atomic mass is 32.1. The van der Waals surface area contributed by atoms with Gasteiger partial charge in [0, 0.05) is 18.0 Å². The lowest BCUT2D eigenvalue weighted by atomic mass is 10.1. The number of para-hydroxylation sites is 2. The first-order valence-corrected chi connectivity index (χ1v) is 9.42. The minimum atomic E-state index is -0.887. The molecule has 3 heterocycles. The summed E-state index contributed by atoms with van der Waals surface area (Å²) in [4.78, 5) is 27.8. The Labute approximate surface area is 155 Å². The van der Waals surface area contributed by atoms with Gasteiger partial charge in [-0.25, -0.2) is 4.79 Å². The van der Waals surface area contributed by atoms with Crippen molar-refractivity contribution >= 4 is 23.2 Å². The predicted octanol–water partition coefficient (Wildman–Crippen LogP) is 2.40. The lowest BCUT2D eigenvalue weighted by molar-refractivity contribution is -0.163. The monoisotopic (exact) mass is 373 g/mol. The molecular formula is C19H19NO5S. The molecule has 26 heavy (non-hydrogen) atoms. The van der Waals surface area contributed by atoms with Crippen LogP contribution in [0, 0.1) is 0 Å². The molecule has 0 aliphatic carbocycles. The minimum absolute atomic E-state index is 0.194. The number of ether oxygens (including phenoxy) is 3. The molecule has 0 saturated heterocycles. The fraction of sp³-hybridized carbons (Fsp3) is 0.368. The van der Waals surface area contributed by atoms with Crippen molar-refractivity contribution in [1.82, 2.24) is 4.90 Å². The molecular weight excluding hydrogens is 354 g/mol. The van der Waals surface area contributed by atoms with Crippen molar-refractivity contribution in [3.8, 4) is 11.5 Å². The van der Waals surface area contributed by atoms with E-state index in [4.69, 9.17) is 14.2 Å². The lowest BCUT2D eigenvalue weighted by Gasteiger charge is -2.31. The number of hydrogen-bond acceptors (Lipinski definition) is 6. The van der Waals surface area contributed by atoms with Gasteiger partial charge in [-0.05, 0) is 42.5 Å². The van der Waals surface area contributed by atoms with Crippen molar-refractivity contribution in [2.75, 3.05) is 13.2 Å². The van der Waals surface area contributed by atoms with Gasteiger partial charge in [-0.15, -0.1) is 11.3 Å². The molecule has 0 N–H and O–H groups in total. The predicted molar refractivity (Wildman–Crippen MR) is 95.3 cm³/mol. The van der Waals surface area contributed by atoms with Crippen molar-refractivity contribution in [3.05, 3.63) is 46.2 Å². The van der Waals surface area contributed by atoms with Gasteiger partial charge in [0.2, 0.25) is 6.10 Å². The van der Waals surface area contributed by atoms with Crippen LogP contribution in [0.2, 0.25) is 0 Å². The number of carbonyl (C=O) groups is 2. The van der Waals surface area contributed by atoms with Gasteiger partial charge in [-0.3, -0.25) is 4.79 Å². The standard InChI is InChI=1S/C19H19NO5S/c1-12-18(25-15-5-3-2-4-14(15)24-12)19(22)23-11-17(21)20-8-6-16-13(10-20)7-9-26-16/h2-5,7,9,12,18H,6,8,10-11H2,1H3. The van der Waals surface area contributed by atoms with Gasteiger partial charge in [0.25, 0.3) is 5.91 Å². The molecule has 7 heteroatoms. The van der Waals surface area contributed by atoms with Gasteiger partial charge < -0.3 is 19.1 Å². The lowest BCUT2D eigenvalue weighted by Crippen LogP contribution is -2.46. The Morgan fingerprint density at radius 2 is 2.00 bits per heavy atom. The number of fused-ring (bicyclic) bond motifs is 2. The van der Waals surface area contributed by atoms with Crippen LogP contribution in [0.25, 0.3) is 0 Å². The van der Waals surface area contributed by atoms with Crippen LogP contribution in [0.1, 0.15) is 17.4 Å². The van der Waals surface area contributed by atoms with Crippen LogP contribution < -0.4 is 9.47 Å². The van der Waals surface area contributed by atoms with E-state index in [1.807, 2.05) is 17.5 Å². The Morgan fingerprint density at radius 3 is 2.81 bits per heavy atom. The van der Waals surface area contributed by atoms with E-state index in [1.165, 1.54) is 10.4 Å². The molecule has 2 aliphatic heterocycles. The molecule has 2 aliphatic rings. The summed E-state index contributed by atoms with van der Waals surface area (Å²) in [5.41, 5.74) is 1.18. The third-order valence-electron chi connectivity index (χ3n) is 4.57. The number of amides is 1. The topological polar surface area (TPSA) is 65.1 Å². The van der Waals surface area contributed by atoms with Gasteiger partial charge in [-0.1, -0.05) is 12.1 Å². The fourth-order valence-corrected chi connectivity index (χ4v) is 4.04. The van der Waals surface area contributed by atoms with Crippen LogP contribution >= 0.6 is 11.3 Å². The second-order valence-electron chi connectivity index (χ2n) is 6.35. The molecule has 1 aromatic heterocycles. The molecule has 0 radical (unpaired) electrons. The average Bonchev–Trinajstić information content (AvgIpc) is 3.13. The Bertz CT molecular complexity index is 833. The SMILES string of the molecule is CC1Oc2ccccc2OC1C(=O)OCC(=O)N1CCc2sccc2C1. The first kappa shape index (κ1) is 16.9. The van der Waals surface area contributed by atoms with Crippen molar-refractivity contribution in [3.63, 3.8) is 0 Å². The number of esters is 1. The molecule has 0 saturated carbocycles.